The summed E-state index contributed by atoms with van der Waals surface area (Å²) >= 11 is 0. The summed E-state index contributed by atoms with van der Waals surface area (Å²) in [6.07, 6.45) is 4.94. The van der Waals surface area contributed by atoms with Crippen LogP contribution in [-0.2, 0) is 16.1 Å². The predicted molar refractivity (Wildman–Crippen MR) is 137 cm³/mol. The van der Waals surface area contributed by atoms with Crippen molar-refractivity contribution in [3.05, 3.63) is 29.8 Å². The molecule has 2 fully saturated rings. The van der Waals surface area contributed by atoms with Crippen LogP contribution < -0.4 is 16.0 Å². The van der Waals surface area contributed by atoms with Gasteiger partial charge in [-0.2, -0.15) is 0 Å². The van der Waals surface area contributed by atoms with Crippen molar-refractivity contribution < 1.29 is 9.53 Å². The zero-order valence-electron chi connectivity index (χ0n) is 18.9. The largest absolute Gasteiger partial charge is 0.368 e. The number of piperidine rings is 1. The zero-order valence-corrected chi connectivity index (χ0v) is 21.2. The van der Waals surface area contributed by atoms with Crippen molar-refractivity contribution in [2.24, 2.45) is 4.99 Å². The summed E-state index contributed by atoms with van der Waals surface area (Å²) in [5.74, 6) is 0.804. The smallest absolute Gasteiger partial charge is 0.253 e. The zero-order chi connectivity index (χ0) is 21.2. The number of ether oxygens (including phenoxy) is 1. The lowest BCUT2D eigenvalue weighted by molar-refractivity contribution is -0.124. The number of benzene rings is 1. The molecule has 2 saturated heterocycles. The Hall–Kier alpha value is -1.39. The van der Waals surface area contributed by atoms with Gasteiger partial charge in [0, 0.05) is 38.0 Å². The Morgan fingerprint density at radius 3 is 2.71 bits per heavy atom. The van der Waals surface area contributed by atoms with Gasteiger partial charge in [-0.25, -0.2) is 4.99 Å². The molecule has 3 rings (SSSR count). The van der Waals surface area contributed by atoms with Gasteiger partial charge >= 0.3 is 0 Å². The molecule has 1 unspecified atom stereocenters. The maximum absolute atomic E-state index is 12.3. The molecule has 31 heavy (non-hydrogen) atoms. The molecule has 0 saturated carbocycles. The molecule has 0 bridgehead atoms. The first kappa shape index (κ1) is 25.9. The normalized spacial score (nSPS) is 20.2. The Labute approximate surface area is 203 Å². The highest BCUT2D eigenvalue weighted by atomic mass is 127. The highest BCUT2D eigenvalue weighted by Gasteiger charge is 2.23. The number of hydrogen-bond donors (Lipinski definition) is 3. The van der Waals surface area contributed by atoms with E-state index in [1.807, 2.05) is 24.3 Å². The van der Waals surface area contributed by atoms with Crippen molar-refractivity contribution in [1.82, 2.24) is 15.5 Å². The van der Waals surface area contributed by atoms with Crippen molar-refractivity contribution in [3.63, 3.8) is 0 Å². The maximum atomic E-state index is 12.3. The highest BCUT2D eigenvalue weighted by molar-refractivity contribution is 14.0. The summed E-state index contributed by atoms with van der Waals surface area (Å²) in [7, 11) is 0. The topological polar surface area (TPSA) is 78.0 Å². The lowest BCUT2D eigenvalue weighted by atomic mass is 10.1. The van der Waals surface area contributed by atoms with Crippen LogP contribution in [-0.4, -0.2) is 61.7 Å². The average molecular weight is 543 g/mol. The molecule has 0 aromatic heterocycles. The second kappa shape index (κ2) is 13.9. The summed E-state index contributed by atoms with van der Waals surface area (Å²) < 4.78 is 5.46. The molecule has 0 aliphatic carbocycles. The lowest BCUT2D eigenvalue weighted by Crippen LogP contribution is -2.48. The summed E-state index contributed by atoms with van der Waals surface area (Å²) in [5, 5.41) is 9.93. The molecule has 1 aromatic carbocycles. The van der Waals surface area contributed by atoms with Crippen molar-refractivity contribution in [1.29, 1.82) is 0 Å². The lowest BCUT2D eigenvalue weighted by Gasteiger charge is -2.32. The van der Waals surface area contributed by atoms with Gasteiger partial charge in [0.1, 0.15) is 6.10 Å². The van der Waals surface area contributed by atoms with Gasteiger partial charge in [0.05, 0.1) is 6.54 Å². The second-order valence-electron chi connectivity index (χ2n) is 8.15. The van der Waals surface area contributed by atoms with Crippen LogP contribution in [0.1, 0.15) is 51.5 Å². The van der Waals surface area contributed by atoms with Gasteiger partial charge in [-0.1, -0.05) is 19.1 Å². The Morgan fingerprint density at radius 1 is 1.23 bits per heavy atom. The van der Waals surface area contributed by atoms with E-state index < -0.39 is 0 Å². The molecule has 0 spiro atoms. The minimum Gasteiger partial charge on any atom is -0.368 e. The number of nitrogens with one attached hydrogen (secondary N) is 3. The molecule has 2 aliphatic heterocycles. The number of anilines is 1. The van der Waals surface area contributed by atoms with Crippen LogP contribution in [0.5, 0.6) is 0 Å². The minimum absolute atomic E-state index is 0. The number of hydrogen-bond acceptors (Lipinski definition) is 4. The third kappa shape index (κ3) is 8.57. The fourth-order valence-electron chi connectivity index (χ4n) is 4.06. The third-order valence-electron chi connectivity index (χ3n) is 5.65. The number of guanidine groups is 1. The van der Waals surface area contributed by atoms with Crippen LogP contribution in [0.15, 0.2) is 29.3 Å². The van der Waals surface area contributed by atoms with Crippen molar-refractivity contribution >= 4 is 41.5 Å². The van der Waals surface area contributed by atoms with Crippen LogP contribution in [0.3, 0.4) is 0 Å². The number of nitrogens with zero attached hydrogens (tertiary/aromatic N) is 2. The number of aliphatic imine (C=N–C) groups is 1. The van der Waals surface area contributed by atoms with Crippen LogP contribution in [0.25, 0.3) is 0 Å². The summed E-state index contributed by atoms with van der Waals surface area (Å²) in [6.45, 7) is 9.89. The van der Waals surface area contributed by atoms with Crippen LogP contribution in [0.4, 0.5) is 5.69 Å². The average Bonchev–Trinajstić information content (AvgIpc) is 3.29. The van der Waals surface area contributed by atoms with E-state index in [1.54, 1.807) is 0 Å². The Bertz CT molecular complexity index is 701. The van der Waals surface area contributed by atoms with Gasteiger partial charge in [-0.3, -0.25) is 4.79 Å². The minimum atomic E-state index is -0.319. The van der Waals surface area contributed by atoms with E-state index in [1.165, 1.54) is 13.0 Å². The van der Waals surface area contributed by atoms with E-state index in [4.69, 9.17) is 9.73 Å². The highest BCUT2D eigenvalue weighted by Crippen LogP contribution is 2.17. The predicted octanol–water partition coefficient (Wildman–Crippen LogP) is 3.35. The first-order chi connectivity index (χ1) is 14.7. The first-order valence-electron chi connectivity index (χ1n) is 11.5. The van der Waals surface area contributed by atoms with Crippen LogP contribution in [0.2, 0.25) is 0 Å². The van der Waals surface area contributed by atoms with E-state index in [0.29, 0.717) is 19.2 Å². The van der Waals surface area contributed by atoms with E-state index in [-0.39, 0.29) is 36.0 Å². The summed E-state index contributed by atoms with van der Waals surface area (Å²) in [4.78, 5) is 19.6. The standard InChI is InChI=1S/C23H37N5O2.HI/c1-3-12-28-13-10-19(11-14-28)27-23(24-4-2)25-17-18-7-5-8-20(16-18)26-22(29)21-9-6-15-30-21;/h5,7-8,16,19,21H,3-4,6,9-15,17H2,1-2H3,(H,26,29)(H2,24,25,27);1H. The number of carbonyl (C=O) groups excluding carboxylic acids is 1. The maximum Gasteiger partial charge on any atom is 0.253 e. The van der Waals surface area contributed by atoms with Crippen molar-refractivity contribution in [2.45, 2.75) is 64.6 Å². The third-order valence-corrected chi connectivity index (χ3v) is 5.65. The molecule has 1 atom stereocenters. The van der Waals surface area contributed by atoms with Gasteiger partial charge in [-0.05, 0) is 63.3 Å². The Balaban J connectivity index is 0.00000341. The van der Waals surface area contributed by atoms with Crippen molar-refractivity contribution in [3.8, 4) is 0 Å². The van der Waals surface area contributed by atoms with E-state index in [9.17, 15) is 4.79 Å². The van der Waals surface area contributed by atoms with Gasteiger partial charge in [0.2, 0.25) is 0 Å². The second-order valence-corrected chi connectivity index (χ2v) is 8.15. The van der Waals surface area contributed by atoms with Crippen LogP contribution >= 0.6 is 24.0 Å². The molecular weight excluding hydrogens is 505 g/mol. The quantitative estimate of drug-likeness (QED) is 0.267. The summed E-state index contributed by atoms with van der Waals surface area (Å²) in [6, 6.07) is 8.36. The molecule has 1 aromatic rings. The van der Waals surface area contributed by atoms with Gasteiger partial charge in [-0.15, -0.1) is 24.0 Å². The van der Waals surface area contributed by atoms with Gasteiger partial charge in [0.15, 0.2) is 5.96 Å². The Morgan fingerprint density at radius 2 is 2.03 bits per heavy atom. The molecule has 174 valence electrons. The molecule has 2 aliphatic rings. The number of likely N-dealkylation sites (tertiary alicyclic amines) is 1. The molecular formula is C23H38IN5O2. The Kier molecular flexibility index (Phi) is 11.6. The number of carbonyl (C=O) groups is 1. The number of rotatable bonds is 8. The molecule has 2 heterocycles. The molecule has 3 N–H and O–H groups in total. The molecule has 8 heteroatoms. The fraction of sp³-hybridized carbons (Fsp3) is 0.652. The number of amides is 1. The first-order valence-corrected chi connectivity index (χ1v) is 11.5. The van der Waals surface area contributed by atoms with E-state index >= 15 is 0 Å². The summed E-state index contributed by atoms with van der Waals surface area (Å²) in [5.41, 5.74) is 1.86. The van der Waals surface area contributed by atoms with E-state index in [0.717, 1.165) is 62.5 Å². The molecule has 1 amide bonds. The number of halogens is 1. The fourth-order valence-corrected chi connectivity index (χ4v) is 4.06. The van der Waals surface area contributed by atoms with Gasteiger partial charge < -0.3 is 25.6 Å². The monoisotopic (exact) mass is 543 g/mol. The van der Waals surface area contributed by atoms with Gasteiger partial charge in [0.25, 0.3) is 5.91 Å². The molecule has 7 nitrogen and oxygen atoms in total. The SMILES string of the molecule is CCCN1CCC(NC(=NCc2cccc(NC(=O)C3CCCO3)c2)NCC)CC1.I. The van der Waals surface area contributed by atoms with Crippen LogP contribution in [0, 0.1) is 0 Å². The van der Waals surface area contributed by atoms with Crippen molar-refractivity contribution in [2.75, 3.05) is 38.1 Å². The van der Waals surface area contributed by atoms with E-state index in [2.05, 4.69) is 34.7 Å². The molecule has 0 radical (unpaired) electrons.